The van der Waals surface area contributed by atoms with E-state index >= 15 is 0 Å². The molecule has 2 radical (unpaired) electrons. The van der Waals surface area contributed by atoms with Crippen LogP contribution in [0.2, 0.25) is 0 Å². The van der Waals surface area contributed by atoms with Gasteiger partial charge in [0.25, 0.3) is 0 Å². The van der Waals surface area contributed by atoms with Crippen molar-refractivity contribution in [3.63, 3.8) is 0 Å². The summed E-state index contributed by atoms with van der Waals surface area (Å²) in [5, 5.41) is 3.45. The Hall–Kier alpha value is -1.29. The maximum absolute atomic E-state index is 5.76. The van der Waals surface area contributed by atoms with Crippen molar-refractivity contribution >= 4 is 13.4 Å². The topological polar surface area (TPSA) is 40.7 Å². The second-order valence-corrected chi connectivity index (χ2v) is 4.76. The van der Waals surface area contributed by atoms with Crippen LogP contribution >= 0.6 is 0 Å². The summed E-state index contributed by atoms with van der Waals surface area (Å²) in [6.45, 7) is 1.10. The van der Waals surface area contributed by atoms with Crippen LogP contribution in [0.25, 0.3) is 5.57 Å². The summed E-state index contributed by atoms with van der Waals surface area (Å²) in [5.74, 6) is 1.07. The van der Waals surface area contributed by atoms with Crippen LogP contribution in [0.5, 0.6) is 0 Å². The zero-order valence-electron chi connectivity index (χ0n) is 9.87. The van der Waals surface area contributed by atoms with Gasteiger partial charge in [0.05, 0.1) is 17.9 Å². The first-order valence-corrected chi connectivity index (χ1v) is 6.27. The Labute approximate surface area is 103 Å². The van der Waals surface area contributed by atoms with Crippen LogP contribution in [-0.4, -0.2) is 24.4 Å². The third-order valence-corrected chi connectivity index (χ3v) is 3.51. The molecule has 1 atom stereocenters. The monoisotopic (exact) mass is 225 g/mol. The largest absolute Gasteiger partial charge is 0.341 e. The van der Waals surface area contributed by atoms with Gasteiger partial charge >= 0.3 is 0 Å². The second kappa shape index (κ2) is 4.53. The van der Waals surface area contributed by atoms with Crippen molar-refractivity contribution in [3.8, 4) is 0 Å². The number of allylic oxidation sites excluding steroid dienone is 4. The lowest BCUT2D eigenvalue weighted by molar-refractivity contribution is 0.612. The summed E-state index contributed by atoms with van der Waals surface area (Å²) < 4.78 is 0. The number of hydrogen-bond acceptors (Lipinski definition) is 2. The molecule has 1 saturated heterocycles. The van der Waals surface area contributed by atoms with Crippen LogP contribution in [0, 0.1) is 0 Å². The Morgan fingerprint density at radius 3 is 2.94 bits per heavy atom. The molecule has 17 heavy (non-hydrogen) atoms. The van der Waals surface area contributed by atoms with Crippen LogP contribution in [-0.2, 0) is 0 Å². The highest BCUT2D eigenvalue weighted by Crippen LogP contribution is 2.26. The van der Waals surface area contributed by atoms with Gasteiger partial charge in [-0.2, -0.15) is 0 Å². The molecule has 1 unspecified atom stereocenters. The van der Waals surface area contributed by atoms with Crippen molar-refractivity contribution in [2.45, 2.75) is 31.7 Å². The third kappa shape index (κ3) is 2.22. The third-order valence-electron chi connectivity index (χ3n) is 3.51. The van der Waals surface area contributed by atoms with Gasteiger partial charge in [-0.05, 0) is 37.8 Å². The first-order chi connectivity index (χ1) is 8.33. The molecule has 0 saturated carbocycles. The molecule has 0 aromatic carbocycles. The average molecular weight is 225 g/mol. The van der Waals surface area contributed by atoms with Gasteiger partial charge in [0.1, 0.15) is 13.7 Å². The molecule has 3 nitrogen and oxygen atoms in total. The van der Waals surface area contributed by atoms with Crippen LogP contribution in [0.4, 0.5) is 0 Å². The predicted molar refractivity (Wildman–Crippen MR) is 69.6 cm³/mol. The summed E-state index contributed by atoms with van der Waals surface area (Å²) >= 11 is 0. The highest BCUT2D eigenvalue weighted by Gasteiger charge is 2.19. The standard InChI is InChI=1S/C13H16BN3/c14-10-5-3-9(4-6-10)12-8-16-13(17-12)11-2-1-7-15-11/h3,5,8,11,15H,1-2,4,6-7H2,(H,16,17). The minimum Gasteiger partial charge on any atom is -0.341 e. The number of aromatic nitrogens is 2. The number of nitrogens with one attached hydrogen (secondary N) is 2. The van der Waals surface area contributed by atoms with E-state index in [4.69, 9.17) is 7.85 Å². The molecular weight excluding hydrogens is 209 g/mol. The highest BCUT2D eigenvalue weighted by molar-refractivity contribution is 6.22. The SMILES string of the molecule is [B]C1=CC=C(c2cnc(C3CCCN3)[nH]2)CC1. The van der Waals surface area contributed by atoms with E-state index < -0.39 is 0 Å². The molecule has 2 N–H and O–H groups in total. The van der Waals surface area contributed by atoms with E-state index in [-0.39, 0.29) is 0 Å². The smallest absolute Gasteiger partial charge is 0.123 e. The van der Waals surface area contributed by atoms with Gasteiger partial charge in [-0.15, -0.1) is 5.47 Å². The summed E-state index contributed by atoms with van der Waals surface area (Å²) in [4.78, 5) is 7.91. The summed E-state index contributed by atoms with van der Waals surface area (Å²) in [6.07, 6.45) is 10.4. The fourth-order valence-corrected chi connectivity index (χ4v) is 2.47. The molecule has 2 aliphatic rings. The number of hydrogen-bond donors (Lipinski definition) is 2. The van der Waals surface area contributed by atoms with E-state index in [1.165, 1.54) is 18.4 Å². The number of H-pyrrole nitrogens is 1. The minimum atomic E-state index is 0.411. The van der Waals surface area contributed by atoms with Crippen LogP contribution in [0.1, 0.15) is 43.2 Å². The van der Waals surface area contributed by atoms with Crippen molar-refractivity contribution in [1.29, 1.82) is 0 Å². The number of rotatable bonds is 2. The Morgan fingerprint density at radius 1 is 1.29 bits per heavy atom. The van der Waals surface area contributed by atoms with Crippen molar-refractivity contribution in [2.24, 2.45) is 0 Å². The Morgan fingerprint density at radius 2 is 2.24 bits per heavy atom. The summed E-state index contributed by atoms with van der Waals surface area (Å²) in [6, 6.07) is 0.411. The molecule has 0 bridgehead atoms. The summed E-state index contributed by atoms with van der Waals surface area (Å²) in [5.41, 5.74) is 3.40. The Kier molecular flexibility index (Phi) is 2.89. The lowest BCUT2D eigenvalue weighted by atomic mass is 9.85. The molecule has 1 aromatic rings. The molecule has 2 heterocycles. The Bertz CT molecular complexity index is 467. The Balaban J connectivity index is 1.80. The lowest BCUT2D eigenvalue weighted by Crippen LogP contribution is -2.14. The van der Waals surface area contributed by atoms with E-state index in [9.17, 15) is 0 Å². The second-order valence-electron chi connectivity index (χ2n) is 4.76. The zero-order chi connectivity index (χ0) is 11.7. The maximum Gasteiger partial charge on any atom is 0.123 e. The molecule has 1 aliphatic carbocycles. The fourth-order valence-electron chi connectivity index (χ4n) is 2.47. The van der Waals surface area contributed by atoms with Gasteiger partial charge in [-0.3, -0.25) is 0 Å². The molecule has 3 rings (SSSR count). The quantitative estimate of drug-likeness (QED) is 0.756. The zero-order valence-corrected chi connectivity index (χ0v) is 9.87. The van der Waals surface area contributed by atoms with E-state index in [0.29, 0.717) is 6.04 Å². The van der Waals surface area contributed by atoms with Gasteiger partial charge in [-0.1, -0.05) is 12.2 Å². The molecule has 0 spiro atoms. The van der Waals surface area contributed by atoms with Gasteiger partial charge in [0.15, 0.2) is 0 Å². The molecule has 1 fully saturated rings. The van der Waals surface area contributed by atoms with E-state index in [1.807, 2.05) is 12.3 Å². The van der Waals surface area contributed by atoms with Crippen molar-refractivity contribution in [1.82, 2.24) is 15.3 Å². The van der Waals surface area contributed by atoms with Gasteiger partial charge in [-0.25, -0.2) is 4.98 Å². The van der Waals surface area contributed by atoms with Gasteiger partial charge in [0, 0.05) is 0 Å². The maximum atomic E-state index is 5.76. The lowest BCUT2D eigenvalue weighted by Gasteiger charge is -2.11. The predicted octanol–water partition coefficient (Wildman–Crippen LogP) is 2.06. The number of imidazole rings is 1. The summed E-state index contributed by atoms with van der Waals surface area (Å²) in [7, 11) is 5.76. The van der Waals surface area contributed by atoms with Crippen LogP contribution < -0.4 is 5.32 Å². The normalized spacial score (nSPS) is 24.6. The fraction of sp³-hybridized carbons (Fsp3) is 0.462. The van der Waals surface area contributed by atoms with Crippen molar-refractivity contribution in [2.75, 3.05) is 6.54 Å². The first kappa shape index (κ1) is 10.8. The number of aromatic amines is 1. The van der Waals surface area contributed by atoms with Gasteiger partial charge < -0.3 is 10.3 Å². The van der Waals surface area contributed by atoms with Gasteiger partial charge in [0.2, 0.25) is 0 Å². The van der Waals surface area contributed by atoms with Crippen LogP contribution in [0.3, 0.4) is 0 Å². The highest BCUT2D eigenvalue weighted by atomic mass is 15.0. The van der Waals surface area contributed by atoms with E-state index in [1.54, 1.807) is 0 Å². The van der Waals surface area contributed by atoms with Crippen molar-refractivity contribution < 1.29 is 0 Å². The molecule has 4 heteroatoms. The molecule has 0 amide bonds. The molecule has 1 aliphatic heterocycles. The average Bonchev–Trinajstić information content (AvgIpc) is 3.00. The van der Waals surface area contributed by atoms with Crippen LogP contribution in [0.15, 0.2) is 23.8 Å². The molecule has 86 valence electrons. The minimum absolute atomic E-state index is 0.411. The number of nitrogens with zero attached hydrogens (tertiary/aromatic N) is 1. The van der Waals surface area contributed by atoms with Crippen molar-refractivity contribution in [3.05, 3.63) is 35.3 Å². The molecule has 1 aromatic heterocycles. The van der Waals surface area contributed by atoms with E-state index in [2.05, 4.69) is 21.4 Å². The van der Waals surface area contributed by atoms with E-state index in [0.717, 1.165) is 36.4 Å². The molecular formula is C13H16BN3. The first-order valence-electron chi connectivity index (χ1n) is 6.27.